The van der Waals surface area contributed by atoms with E-state index in [2.05, 4.69) is 38.3 Å². The summed E-state index contributed by atoms with van der Waals surface area (Å²) in [5, 5.41) is 12.7. The fourth-order valence-electron chi connectivity index (χ4n) is 5.33. The van der Waals surface area contributed by atoms with E-state index in [4.69, 9.17) is 12.2 Å². The number of hydrogen-bond donors (Lipinski definition) is 2. The van der Waals surface area contributed by atoms with Crippen molar-refractivity contribution < 1.29 is 4.79 Å². The molecule has 46 heavy (non-hydrogen) atoms. The van der Waals surface area contributed by atoms with Crippen molar-refractivity contribution in [2.45, 2.75) is 26.4 Å². The Morgan fingerprint density at radius 3 is 2.57 bits per heavy atom. The lowest BCUT2D eigenvalue weighted by Gasteiger charge is -2.22. The number of nitrogen functional groups attached to an aromatic ring is 1. The zero-order valence-corrected chi connectivity index (χ0v) is 27.1. The van der Waals surface area contributed by atoms with E-state index in [0.29, 0.717) is 27.7 Å². The number of terminal acetylenes is 1. The number of rotatable bonds is 6. The first-order chi connectivity index (χ1) is 21.9. The van der Waals surface area contributed by atoms with Crippen molar-refractivity contribution in [3.05, 3.63) is 109 Å². The van der Waals surface area contributed by atoms with E-state index < -0.39 is 11.9 Å². The zero-order valence-electron chi connectivity index (χ0n) is 27.1. The largest absolute Gasteiger partial charge is 0.381 e. The number of fused-ring (bicyclic) bond motifs is 2. The summed E-state index contributed by atoms with van der Waals surface area (Å²) in [6, 6.07) is 8.63. The second kappa shape index (κ2) is 12.8. The van der Waals surface area contributed by atoms with Crippen LogP contribution in [0.1, 0.15) is 45.8 Å². The number of benzene rings is 1. The van der Waals surface area contributed by atoms with Crippen LogP contribution in [0.2, 0.25) is 0 Å². The van der Waals surface area contributed by atoms with Crippen LogP contribution < -0.4 is 16.6 Å². The molecule has 0 unspecified atom stereocenters. The molecule has 1 aromatic carbocycles. The molecular formula is C32H32B4N8O2. The van der Waals surface area contributed by atoms with Gasteiger partial charge in [0.2, 0.25) is 0 Å². The third-order valence-electron chi connectivity index (χ3n) is 8.56. The second-order valence-electron chi connectivity index (χ2n) is 11.4. The van der Waals surface area contributed by atoms with Crippen LogP contribution in [0.15, 0.2) is 75.6 Å². The number of amides is 1. The van der Waals surface area contributed by atoms with Crippen molar-refractivity contribution in [1.82, 2.24) is 34.3 Å². The monoisotopic (exact) mass is 604 g/mol. The van der Waals surface area contributed by atoms with Crippen LogP contribution in [0.5, 0.6) is 0 Å². The van der Waals surface area contributed by atoms with E-state index in [-0.39, 0.29) is 23.5 Å². The molecule has 0 bridgehead atoms. The molecule has 0 saturated carbocycles. The number of carbonyl (C=O) groups is 1. The number of aryl methyl sites for hydroxylation is 1. The van der Waals surface area contributed by atoms with Gasteiger partial charge in [-0.15, -0.1) is 17.0 Å². The first-order valence-corrected chi connectivity index (χ1v) is 14.8. The summed E-state index contributed by atoms with van der Waals surface area (Å²) < 4.78 is 4.92. The van der Waals surface area contributed by atoms with Crippen LogP contribution >= 0.6 is 0 Å². The third-order valence-corrected chi connectivity index (χ3v) is 8.56. The van der Waals surface area contributed by atoms with Gasteiger partial charge in [-0.25, -0.2) is 9.50 Å². The van der Waals surface area contributed by atoms with Gasteiger partial charge in [-0.3, -0.25) is 14.3 Å². The van der Waals surface area contributed by atoms with E-state index >= 15 is 0 Å². The van der Waals surface area contributed by atoms with Gasteiger partial charge in [0.1, 0.15) is 36.9 Å². The van der Waals surface area contributed by atoms with E-state index in [1.807, 2.05) is 76.5 Å². The molecule has 5 rings (SSSR count). The van der Waals surface area contributed by atoms with Crippen molar-refractivity contribution in [3.8, 4) is 24.2 Å². The van der Waals surface area contributed by atoms with Crippen molar-refractivity contribution in [2.24, 2.45) is 7.05 Å². The number of anilines is 1. The number of aromatic nitrogens is 6. The summed E-state index contributed by atoms with van der Waals surface area (Å²) in [6.45, 7) is 4.05. The highest BCUT2D eigenvalue weighted by molar-refractivity contribution is 6.44. The van der Waals surface area contributed by atoms with Crippen LogP contribution in [-0.2, 0) is 13.6 Å². The van der Waals surface area contributed by atoms with Crippen molar-refractivity contribution in [3.63, 3.8) is 0 Å². The Labute approximate surface area is 270 Å². The Morgan fingerprint density at radius 2 is 1.87 bits per heavy atom. The van der Waals surface area contributed by atoms with Crippen LogP contribution in [0.4, 0.5) is 5.82 Å². The highest BCUT2D eigenvalue weighted by Gasteiger charge is 2.23. The fourth-order valence-corrected chi connectivity index (χ4v) is 5.33. The Kier molecular flexibility index (Phi) is 8.84. The topological polar surface area (TPSA) is 125 Å². The first-order valence-electron chi connectivity index (χ1n) is 14.8. The van der Waals surface area contributed by atoms with Gasteiger partial charge in [0.25, 0.3) is 11.5 Å². The highest BCUT2D eigenvalue weighted by atomic mass is 16.2. The molecule has 1 amide bonds. The molecule has 0 aliphatic heterocycles. The van der Waals surface area contributed by atoms with Gasteiger partial charge >= 0.3 is 0 Å². The lowest BCUT2D eigenvalue weighted by molar-refractivity contribution is 0.0940. The maximum absolute atomic E-state index is 14.5. The Bertz CT molecular complexity index is 2280. The smallest absolute Gasteiger partial charge is 0.260 e. The number of nitrogens with zero attached hydrogens (tertiary/aromatic N) is 6. The van der Waals surface area contributed by atoms with Crippen molar-refractivity contribution in [2.75, 3.05) is 5.73 Å². The SMILES string of the molecule is B/C(C#C)=C(B)/C(B)=C(/B)Cn1c([C@H](C)NC(=O)c2c(N)nn3cccnc23)cc2cccc(C#Cc3cnn(C)c3C)c2c1=O. The molecule has 1 atom stereocenters. The van der Waals surface area contributed by atoms with Gasteiger partial charge in [-0.1, -0.05) is 40.8 Å². The van der Waals surface area contributed by atoms with Crippen LogP contribution in [0, 0.1) is 31.1 Å². The van der Waals surface area contributed by atoms with E-state index in [9.17, 15) is 9.59 Å². The minimum absolute atomic E-state index is 0.0620. The Balaban J connectivity index is 1.66. The van der Waals surface area contributed by atoms with E-state index in [1.165, 1.54) is 4.52 Å². The maximum atomic E-state index is 14.5. The first kappa shape index (κ1) is 31.8. The summed E-state index contributed by atoms with van der Waals surface area (Å²) >= 11 is 0. The Morgan fingerprint density at radius 1 is 1.13 bits per heavy atom. The summed E-state index contributed by atoms with van der Waals surface area (Å²) in [6.07, 6.45) is 10.6. The van der Waals surface area contributed by atoms with Gasteiger partial charge in [-0.05, 0) is 42.9 Å². The molecule has 3 N–H and O–H groups in total. The Hall–Kier alpha value is -5.61. The average Bonchev–Trinajstić information content (AvgIpc) is 3.56. The summed E-state index contributed by atoms with van der Waals surface area (Å²) in [4.78, 5) is 32.3. The quantitative estimate of drug-likeness (QED) is 0.148. The van der Waals surface area contributed by atoms with Gasteiger partial charge < -0.3 is 15.6 Å². The molecule has 0 aliphatic carbocycles. The summed E-state index contributed by atoms with van der Waals surface area (Å²) in [7, 11) is 9.71. The minimum atomic E-state index is -0.590. The normalized spacial score (nSPS) is 12.9. The van der Waals surface area contributed by atoms with E-state index in [0.717, 1.165) is 33.1 Å². The van der Waals surface area contributed by atoms with Gasteiger partial charge in [0.15, 0.2) is 11.5 Å². The molecule has 0 spiro atoms. The molecule has 0 radical (unpaired) electrons. The summed E-state index contributed by atoms with van der Waals surface area (Å²) in [5.41, 5.74) is 13.1. The fraction of sp³-hybridized carbons (Fsp3) is 0.156. The molecule has 0 aliphatic rings. The zero-order chi connectivity index (χ0) is 33.3. The van der Waals surface area contributed by atoms with E-state index in [1.54, 1.807) is 33.9 Å². The van der Waals surface area contributed by atoms with Crippen LogP contribution in [-0.4, -0.2) is 66.2 Å². The lowest BCUT2D eigenvalue weighted by Crippen LogP contribution is -2.33. The highest BCUT2D eigenvalue weighted by Crippen LogP contribution is 2.24. The molecule has 4 aromatic heterocycles. The molecule has 224 valence electrons. The number of allylic oxidation sites excluding steroid dienone is 4. The predicted octanol–water partition coefficient (Wildman–Crippen LogP) is -0.852. The molecule has 10 nitrogen and oxygen atoms in total. The number of nitrogens with one attached hydrogen (secondary N) is 1. The van der Waals surface area contributed by atoms with Gasteiger partial charge in [0.05, 0.1) is 28.9 Å². The molecular weight excluding hydrogens is 572 g/mol. The minimum Gasteiger partial charge on any atom is -0.381 e. The molecule has 5 aromatic rings. The lowest BCUT2D eigenvalue weighted by atomic mass is 9.66. The summed E-state index contributed by atoms with van der Waals surface area (Å²) in [5.74, 6) is 8.71. The number of hydrogen-bond acceptors (Lipinski definition) is 6. The van der Waals surface area contributed by atoms with Crippen LogP contribution in [0.25, 0.3) is 16.4 Å². The standard InChI is InChI=1S/C32H32B4N8O2/c1-5-22(33)27(35)28(36)23(34)16-43-24(17(2)40-31(45)26-29(37)41-44-13-7-12-38-30(26)44)14-20-9-6-8-19(25(20)32(43)46)10-11-21-15-39-42(4)18(21)3/h1,6-9,12-15,17H,16,33-36H2,2-4H3,(H2,37,41)(H,40,45)/b27-22-,28-23-/t17-/m0/s1. The van der Waals surface area contributed by atoms with Crippen molar-refractivity contribution in [1.29, 1.82) is 0 Å². The van der Waals surface area contributed by atoms with Crippen molar-refractivity contribution >= 4 is 59.5 Å². The van der Waals surface area contributed by atoms with Crippen LogP contribution in [0.3, 0.4) is 0 Å². The molecule has 4 heterocycles. The second-order valence-corrected chi connectivity index (χ2v) is 11.4. The number of pyridine rings is 1. The van der Waals surface area contributed by atoms with Gasteiger partial charge in [0, 0.05) is 37.2 Å². The molecule has 0 fully saturated rings. The molecule has 0 saturated heterocycles. The maximum Gasteiger partial charge on any atom is 0.260 e. The van der Waals surface area contributed by atoms with Gasteiger partial charge in [-0.2, -0.15) is 5.10 Å². The molecule has 14 heteroatoms. The average molecular weight is 604 g/mol. The predicted molar refractivity (Wildman–Crippen MR) is 192 cm³/mol. The number of carbonyl (C=O) groups excluding carboxylic acids is 1. The number of nitrogens with two attached hydrogens (primary N) is 1. The third kappa shape index (κ3) is 5.90.